The van der Waals surface area contributed by atoms with Crippen molar-refractivity contribution in [2.75, 3.05) is 0 Å². The zero-order chi connectivity index (χ0) is 15.2. The summed E-state index contributed by atoms with van der Waals surface area (Å²) in [5.74, 6) is 0.208. The Labute approximate surface area is 129 Å². The van der Waals surface area contributed by atoms with Gasteiger partial charge in [-0.1, -0.05) is 13.0 Å². The molecule has 0 radical (unpaired) electrons. The van der Waals surface area contributed by atoms with E-state index in [2.05, 4.69) is 33.6 Å². The molecule has 0 unspecified atom stereocenters. The molecule has 0 aliphatic carbocycles. The van der Waals surface area contributed by atoms with Gasteiger partial charge < -0.3 is 15.6 Å². The van der Waals surface area contributed by atoms with Crippen LogP contribution in [-0.4, -0.2) is 28.0 Å². The van der Waals surface area contributed by atoms with Gasteiger partial charge in [0.15, 0.2) is 0 Å². The lowest BCUT2D eigenvalue weighted by molar-refractivity contribution is -0.132. The first-order valence-electron chi connectivity index (χ1n) is 8.17. The van der Waals surface area contributed by atoms with Crippen molar-refractivity contribution in [3.8, 4) is 0 Å². The molecule has 4 rings (SSSR count). The van der Waals surface area contributed by atoms with Crippen molar-refractivity contribution < 1.29 is 4.79 Å². The maximum absolute atomic E-state index is 12.8. The largest absolute Gasteiger partial charge is 0.351 e. The van der Waals surface area contributed by atoms with Gasteiger partial charge >= 0.3 is 0 Å². The number of imidazole rings is 1. The molecule has 2 bridgehead atoms. The molecule has 1 amide bonds. The minimum atomic E-state index is -0.207. The highest BCUT2D eigenvalue weighted by Gasteiger charge is 2.54. The van der Waals surface area contributed by atoms with Gasteiger partial charge in [-0.2, -0.15) is 0 Å². The van der Waals surface area contributed by atoms with Gasteiger partial charge in [-0.15, -0.1) is 0 Å². The highest BCUT2D eigenvalue weighted by molar-refractivity contribution is 5.84. The lowest BCUT2D eigenvalue weighted by Crippen LogP contribution is -2.47. The van der Waals surface area contributed by atoms with Crippen LogP contribution in [0, 0.1) is 5.41 Å². The summed E-state index contributed by atoms with van der Waals surface area (Å²) in [5.41, 5.74) is 2.87. The van der Waals surface area contributed by atoms with Crippen LogP contribution in [0.2, 0.25) is 0 Å². The van der Waals surface area contributed by atoms with Gasteiger partial charge in [0.25, 0.3) is 0 Å². The number of carbonyl (C=O) groups excluding carboxylic acids is 1. The molecule has 2 aliphatic heterocycles. The van der Waals surface area contributed by atoms with E-state index in [1.54, 1.807) is 6.33 Å². The van der Waals surface area contributed by atoms with Crippen LogP contribution in [0.25, 0.3) is 11.0 Å². The Hall–Kier alpha value is -1.88. The molecule has 1 aromatic heterocycles. The molecule has 5 heteroatoms. The number of aromatic amines is 1. The summed E-state index contributed by atoms with van der Waals surface area (Å²) >= 11 is 0. The van der Waals surface area contributed by atoms with E-state index in [0.717, 1.165) is 35.9 Å². The summed E-state index contributed by atoms with van der Waals surface area (Å²) in [6.07, 6.45) is 5.94. The molecular weight excluding hydrogens is 276 g/mol. The summed E-state index contributed by atoms with van der Waals surface area (Å²) in [5, 5.41) is 6.76. The predicted molar refractivity (Wildman–Crippen MR) is 85.2 cm³/mol. The number of amides is 1. The summed E-state index contributed by atoms with van der Waals surface area (Å²) in [6.45, 7) is 2.71. The van der Waals surface area contributed by atoms with Gasteiger partial charge in [0, 0.05) is 18.6 Å². The molecule has 0 spiro atoms. The summed E-state index contributed by atoms with van der Waals surface area (Å²) < 4.78 is 0. The van der Waals surface area contributed by atoms with Crippen LogP contribution in [-0.2, 0) is 11.3 Å². The number of fused-ring (bicyclic) bond motifs is 3. The zero-order valence-electron chi connectivity index (χ0n) is 12.9. The van der Waals surface area contributed by atoms with Crippen LogP contribution in [0.1, 0.15) is 38.2 Å². The van der Waals surface area contributed by atoms with E-state index in [9.17, 15) is 4.79 Å². The number of nitrogens with one attached hydrogen (secondary N) is 3. The number of H-pyrrole nitrogens is 1. The van der Waals surface area contributed by atoms with E-state index >= 15 is 0 Å². The van der Waals surface area contributed by atoms with Crippen LogP contribution in [0.5, 0.6) is 0 Å². The van der Waals surface area contributed by atoms with Gasteiger partial charge in [0.05, 0.1) is 22.8 Å². The molecule has 2 aromatic rings. The molecule has 3 N–H and O–H groups in total. The molecule has 0 saturated carbocycles. The van der Waals surface area contributed by atoms with Crippen LogP contribution < -0.4 is 10.6 Å². The second-order valence-electron chi connectivity index (χ2n) is 6.64. The highest BCUT2D eigenvalue weighted by Crippen LogP contribution is 2.45. The van der Waals surface area contributed by atoms with E-state index in [0.29, 0.717) is 18.6 Å². The molecule has 5 nitrogen and oxygen atoms in total. The fourth-order valence-electron chi connectivity index (χ4n) is 4.25. The second kappa shape index (κ2) is 5.09. The highest BCUT2D eigenvalue weighted by atomic mass is 16.2. The smallest absolute Gasteiger partial charge is 0.228 e. The second-order valence-corrected chi connectivity index (χ2v) is 6.64. The first-order valence-corrected chi connectivity index (χ1v) is 8.17. The average molecular weight is 298 g/mol. The van der Waals surface area contributed by atoms with Crippen LogP contribution in [0.4, 0.5) is 0 Å². The van der Waals surface area contributed by atoms with Gasteiger partial charge in [-0.25, -0.2) is 4.98 Å². The summed E-state index contributed by atoms with van der Waals surface area (Å²) in [6, 6.07) is 6.97. The Morgan fingerprint density at radius 2 is 2.36 bits per heavy atom. The quantitative estimate of drug-likeness (QED) is 0.809. The number of nitrogens with zero attached hydrogens (tertiary/aromatic N) is 1. The lowest BCUT2D eigenvalue weighted by Gasteiger charge is -2.34. The molecule has 2 saturated heterocycles. The molecular formula is C17H22N4O. The van der Waals surface area contributed by atoms with E-state index in [4.69, 9.17) is 0 Å². The topological polar surface area (TPSA) is 69.8 Å². The van der Waals surface area contributed by atoms with Crippen LogP contribution >= 0.6 is 0 Å². The SMILES string of the molecule is CC[C@@]1(C(=O)NCc2ccc3nc[nH]c3c2)C[C@@H]2CC[C@H]1N2. The molecule has 3 heterocycles. The Morgan fingerprint density at radius 1 is 1.45 bits per heavy atom. The predicted octanol–water partition coefficient (Wildman–Crippen LogP) is 2.10. The van der Waals surface area contributed by atoms with E-state index in [1.165, 1.54) is 6.42 Å². The van der Waals surface area contributed by atoms with Gasteiger partial charge in [0.1, 0.15) is 0 Å². The number of hydrogen-bond acceptors (Lipinski definition) is 3. The first-order chi connectivity index (χ1) is 10.7. The van der Waals surface area contributed by atoms with Crippen molar-refractivity contribution in [1.29, 1.82) is 0 Å². The molecule has 22 heavy (non-hydrogen) atoms. The summed E-state index contributed by atoms with van der Waals surface area (Å²) in [7, 11) is 0. The number of benzene rings is 1. The fourth-order valence-corrected chi connectivity index (χ4v) is 4.25. The van der Waals surface area contributed by atoms with Crippen molar-refractivity contribution in [3.63, 3.8) is 0 Å². The molecule has 1 aromatic carbocycles. The van der Waals surface area contributed by atoms with Gasteiger partial charge in [0.2, 0.25) is 5.91 Å². The Kier molecular flexibility index (Phi) is 3.18. The van der Waals surface area contributed by atoms with Crippen LogP contribution in [0.15, 0.2) is 24.5 Å². The van der Waals surface area contributed by atoms with Crippen molar-refractivity contribution in [2.24, 2.45) is 5.41 Å². The number of aromatic nitrogens is 2. The number of hydrogen-bond donors (Lipinski definition) is 3. The molecule has 116 valence electrons. The van der Waals surface area contributed by atoms with Gasteiger partial charge in [-0.05, 0) is 43.4 Å². The summed E-state index contributed by atoms with van der Waals surface area (Å²) in [4.78, 5) is 20.1. The third-order valence-corrected chi connectivity index (χ3v) is 5.54. The lowest BCUT2D eigenvalue weighted by atomic mass is 9.71. The van der Waals surface area contributed by atoms with E-state index in [-0.39, 0.29) is 11.3 Å². The minimum absolute atomic E-state index is 0.207. The van der Waals surface area contributed by atoms with E-state index < -0.39 is 0 Å². The normalized spacial score (nSPS) is 30.0. The molecule has 2 aliphatic rings. The van der Waals surface area contributed by atoms with Crippen molar-refractivity contribution in [3.05, 3.63) is 30.1 Å². The third-order valence-electron chi connectivity index (χ3n) is 5.54. The molecule has 2 fully saturated rings. The number of rotatable bonds is 4. The van der Waals surface area contributed by atoms with Crippen molar-refractivity contribution >= 4 is 16.9 Å². The van der Waals surface area contributed by atoms with E-state index in [1.807, 2.05) is 12.1 Å². The Balaban J connectivity index is 1.47. The maximum Gasteiger partial charge on any atom is 0.228 e. The Morgan fingerprint density at radius 3 is 3.09 bits per heavy atom. The fraction of sp³-hybridized carbons (Fsp3) is 0.529. The average Bonchev–Trinajstić information content (AvgIpc) is 3.26. The minimum Gasteiger partial charge on any atom is -0.351 e. The standard InChI is InChI=1S/C17H22N4O/c1-2-17(8-12-4-6-15(17)21-12)16(22)18-9-11-3-5-13-14(7-11)20-10-19-13/h3,5,7,10,12,15,21H,2,4,6,8-9H2,1H3,(H,18,22)(H,19,20)/t12-,15+,17+/m0/s1. The number of carbonyl (C=O) groups is 1. The monoisotopic (exact) mass is 298 g/mol. The van der Waals surface area contributed by atoms with Crippen molar-refractivity contribution in [1.82, 2.24) is 20.6 Å². The van der Waals surface area contributed by atoms with Gasteiger partial charge in [-0.3, -0.25) is 4.79 Å². The molecule has 3 atom stereocenters. The third kappa shape index (κ3) is 2.03. The Bertz CT molecular complexity index is 710. The van der Waals surface area contributed by atoms with Crippen molar-refractivity contribution in [2.45, 2.75) is 51.2 Å². The zero-order valence-corrected chi connectivity index (χ0v) is 12.9. The first kappa shape index (κ1) is 13.8. The maximum atomic E-state index is 12.8. The van der Waals surface area contributed by atoms with Crippen LogP contribution in [0.3, 0.4) is 0 Å².